The molecule has 3 N–H and O–H groups in total. The van der Waals surface area contributed by atoms with E-state index in [0.717, 1.165) is 18.7 Å². The smallest absolute Gasteiger partial charge is 0.219 e. The van der Waals surface area contributed by atoms with Crippen molar-refractivity contribution in [3.63, 3.8) is 0 Å². The Hall–Kier alpha value is -1.36. The van der Waals surface area contributed by atoms with Crippen molar-refractivity contribution in [3.8, 4) is 5.88 Å². The molecular formula is C13H22N4O. The van der Waals surface area contributed by atoms with E-state index in [2.05, 4.69) is 22.3 Å². The third kappa shape index (κ3) is 3.10. The van der Waals surface area contributed by atoms with Crippen LogP contribution in [0.1, 0.15) is 45.4 Å². The first-order valence-electron chi connectivity index (χ1n) is 6.74. The van der Waals surface area contributed by atoms with Gasteiger partial charge in [-0.05, 0) is 25.2 Å². The van der Waals surface area contributed by atoms with Gasteiger partial charge in [0.15, 0.2) is 0 Å². The van der Waals surface area contributed by atoms with Crippen molar-refractivity contribution in [3.05, 3.63) is 11.9 Å². The highest BCUT2D eigenvalue weighted by molar-refractivity contribution is 5.37. The Morgan fingerprint density at radius 1 is 1.39 bits per heavy atom. The van der Waals surface area contributed by atoms with E-state index in [1.165, 1.54) is 19.3 Å². The summed E-state index contributed by atoms with van der Waals surface area (Å²) in [6.45, 7) is 4.26. The molecule has 0 aromatic carbocycles. The van der Waals surface area contributed by atoms with E-state index in [9.17, 15) is 0 Å². The van der Waals surface area contributed by atoms with Crippen LogP contribution in [0.15, 0.2) is 6.07 Å². The number of hydrogen-bond donors (Lipinski definition) is 2. The average Bonchev–Trinajstić information content (AvgIpc) is 2.41. The van der Waals surface area contributed by atoms with E-state index >= 15 is 0 Å². The number of hydrazine groups is 1. The van der Waals surface area contributed by atoms with Crippen molar-refractivity contribution in [2.45, 2.75) is 52.1 Å². The van der Waals surface area contributed by atoms with Gasteiger partial charge in [-0.25, -0.2) is 10.8 Å². The van der Waals surface area contributed by atoms with Gasteiger partial charge < -0.3 is 10.2 Å². The van der Waals surface area contributed by atoms with E-state index in [1.54, 1.807) is 6.07 Å². The zero-order valence-corrected chi connectivity index (χ0v) is 11.1. The molecule has 0 saturated heterocycles. The third-order valence-corrected chi connectivity index (χ3v) is 3.52. The largest absolute Gasteiger partial charge is 0.474 e. The van der Waals surface area contributed by atoms with Crippen LogP contribution >= 0.6 is 0 Å². The molecule has 1 aromatic heterocycles. The maximum Gasteiger partial charge on any atom is 0.219 e. The second kappa shape index (κ2) is 6.00. The summed E-state index contributed by atoms with van der Waals surface area (Å²) in [6.07, 6.45) is 5.93. The van der Waals surface area contributed by atoms with Gasteiger partial charge in [0.05, 0.1) is 0 Å². The molecule has 1 fully saturated rings. The number of hydrogen-bond acceptors (Lipinski definition) is 5. The Morgan fingerprint density at radius 2 is 2.17 bits per heavy atom. The predicted octanol–water partition coefficient (Wildman–Crippen LogP) is 2.28. The van der Waals surface area contributed by atoms with Gasteiger partial charge in [0.1, 0.15) is 17.7 Å². The molecule has 2 unspecified atom stereocenters. The van der Waals surface area contributed by atoms with Crippen molar-refractivity contribution in [1.29, 1.82) is 0 Å². The SMILES string of the molecule is CCc1nc(NN)cc(OC2CCCCC2C)n1. The summed E-state index contributed by atoms with van der Waals surface area (Å²) in [6, 6.07) is 1.76. The first-order valence-corrected chi connectivity index (χ1v) is 6.74. The van der Waals surface area contributed by atoms with Gasteiger partial charge in [0.25, 0.3) is 0 Å². The average molecular weight is 250 g/mol. The number of aromatic nitrogens is 2. The van der Waals surface area contributed by atoms with Crippen LogP contribution < -0.4 is 16.0 Å². The van der Waals surface area contributed by atoms with Gasteiger partial charge in [-0.15, -0.1) is 0 Å². The van der Waals surface area contributed by atoms with Crippen LogP contribution in [0.25, 0.3) is 0 Å². The standard InChI is InChI=1S/C13H22N4O/c1-3-11-15-12(17-14)8-13(16-11)18-10-7-5-4-6-9(10)2/h8-10H,3-7,14H2,1-2H3,(H,15,16,17). The Kier molecular flexibility index (Phi) is 4.36. The minimum Gasteiger partial charge on any atom is -0.474 e. The molecular weight excluding hydrogens is 228 g/mol. The molecule has 18 heavy (non-hydrogen) atoms. The van der Waals surface area contributed by atoms with Crippen molar-refractivity contribution in [2.75, 3.05) is 5.43 Å². The fraction of sp³-hybridized carbons (Fsp3) is 0.692. The number of anilines is 1. The molecule has 5 heteroatoms. The van der Waals surface area contributed by atoms with Crippen LogP contribution in [-0.4, -0.2) is 16.1 Å². The monoisotopic (exact) mass is 250 g/mol. The van der Waals surface area contributed by atoms with Crippen molar-refractivity contribution < 1.29 is 4.74 Å². The fourth-order valence-electron chi connectivity index (χ4n) is 2.38. The first-order chi connectivity index (χ1) is 8.72. The van der Waals surface area contributed by atoms with Crippen LogP contribution in [0.2, 0.25) is 0 Å². The fourth-order valence-corrected chi connectivity index (χ4v) is 2.38. The summed E-state index contributed by atoms with van der Waals surface area (Å²) in [5.74, 6) is 8.00. The highest BCUT2D eigenvalue weighted by Crippen LogP contribution is 2.27. The lowest BCUT2D eigenvalue weighted by atomic mass is 9.88. The van der Waals surface area contributed by atoms with E-state index in [4.69, 9.17) is 10.6 Å². The molecule has 1 aliphatic carbocycles. The normalized spacial score (nSPS) is 23.7. The van der Waals surface area contributed by atoms with E-state index in [1.807, 2.05) is 6.92 Å². The molecule has 5 nitrogen and oxygen atoms in total. The molecule has 0 aliphatic heterocycles. The topological polar surface area (TPSA) is 73.1 Å². The van der Waals surface area contributed by atoms with Gasteiger partial charge in [0.2, 0.25) is 5.88 Å². The molecule has 1 aromatic rings. The van der Waals surface area contributed by atoms with Crippen LogP contribution in [-0.2, 0) is 6.42 Å². The Morgan fingerprint density at radius 3 is 2.83 bits per heavy atom. The number of aryl methyl sites for hydroxylation is 1. The summed E-state index contributed by atoms with van der Waals surface area (Å²) in [4.78, 5) is 8.65. The minimum atomic E-state index is 0.268. The first kappa shape index (κ1) is 13.1. The highest BCUT2D eigenvalue weighted by Gasteiger charge is 2.23. The lowest BCUT2D eigenvalue weighted by Crippen LogP contribution is -2.28. The molecule has 0 radical (unpaired) electrons. The molecule has 0 bridgehead atoms. The number of nitrogens with two attached hydrogens (primary N) is 1. The molecule has 0 amide bonds. The van der Waals surface area contributed by atoms with Crippen LogP contribution in [0.4, 0.5) is 5.82 Å². The lowest BCUT2D eigenvalue weighted by molar-refractivity contribution is 0.0972. The molecule has 1 aliphatic rings. The second-order valence-electron chi connectivity index (χ2n) is 4.92. The number of rotatable bonds is 4. The molecule has 1 saturated carbocycles. The van der Waals surface area contributed by atoms with Gasteiger partial charge in [-0.3, -0.25) is 0 Å². The zero-order chi connectivity index (χ0) is 13.0. The van der Waals surface area contributed by atoms with Crippen LogP contribution in [0, 0.1) is 5.92 Å². The Balaban J connectivity index is 2.12. The quantitative estimate of drug-likeness (QED) is 0.633. The second-order valence-corrected chi connectivity index (χ2v) is 4.92. The third-order valence-electron chi connectivity index (χ3n) is 3.52. The van der Waals surface area contributed by atoms with Crippen molar-refractivity contribution in [1.82, 2.24) is 9.97 Å². The Bertz CT molecular complexity index is 374. The minimum absolute atomic E-state index is 0.268. The highest BCUT2D eigenvalue weighted by atomic mass is 16.5. The van der Waals surface area contributed by atoms with Gasteiger partial charge in [-0.1, -0.05) is 20.3 Å². The number of nitrogens with one attached hydrogen (secondary N) is 1. The molecule has 2 rings (SSSR count). The number of ether oxygens (including phenoxy) is 1. The van der Waals surface area contributed by atoms with E-state index < -0.39 is 0 Å². The number of nitrogen functional groups attached to an aromatic ring is 1. The van der Waals surface area contributed by atoms with Gasteiger partial charge in [-0.2, -0.15) is 4.98 Å². The van der Waals surface area contributed by atoms with Gasteiger partial charge in [0, 0.05) is 12.5 Å². The van der Waals surface area contributed by atoms with Crippen molar-refractivity contribution in [2.24, 2.45) is 11.8 Å². The number of nitrogens with zero attached hydrogens (tertiary/aromatic N) is 2. The molecule has 100 valence electrons. The summed E-state index contributed by atoms with van der Waals surface area (Å²) in [7, 11) is 0. The summed E-state index contributed by atoms with van der Waals surface area (Å²) >= 11 is 0. The maximum atomic E-state index is 6.01. The van der Waals surface area contributed by atoms with Crippen LogP contribution in [0.3, 0.4) is 0 Å². The molecule has 0 spiro atoms. The summed E-state index contributed by atoms with van der Waals surface area (Å²) < 4.78 is 6.01. The van der Waals surface area contributed by atoms with Crippen LogP contribution in [0.5, 0.6) is 5.88 Å². The maximum absolute atomic E-state index is 6.01. The summed E-state index contributed by atoms with van der Waals surface area (Å²) in [5.41, 5.74) is 2.56. The van der Waals surface area contributed by atoms with E-state index in [0.29, 0.717) is 17.6 Å². The molecule has 1 heterocycles. The molecule has 2 atom stereocenters. The summed E-state index contributed by atoms with van der Waals surface area (Å²) in [5, 5.41) is 0. The van der Waals surface area contributed by atoms with Crippen molar-refractivity contribution >= 4 is 5.82 Å². The zero-order valence-electron chi connectivity index (χ0n) is 11.1. The lowest BCUT2D eigenvalue weighted by Gasteiger charge is -2.28. The van der Waals surface area contributed by atoms with Gasteiger partial charge >= 0.3 is 0 Å². The van der Waals surface area contributed by atoms with E-state index in [-0.39, 0.29) is 6.10 Å². The Labute approximate surface area is 108 Å². The predicted molar refractivity (Wildman–Crippen MR) is 71.3 cm³/mol.